The van der Waals surface area contributed by atoms with Crippen molar-refractivity contribution in [2.45, 2.75) is 58.8 Å². The maximum atomic E-state index is 5.64. The highest BCUT2D eigenvalue weighted by molar-refractivity contribution is 5.40. The largest absolute Gasteiger partial charge is 0.496 e. The second-order valence-corrected chi connectivity index (χ2v) is 6.51. The molecule has 1 aromatic rings. The van der Waals surface area contributed by atoms with Crippen LogP contribution >= 0.6 is 0 Å². The van der Waals surface area contributed by atoms with Crippen LogP contribution in [0.15, 0.2) is 24.3 Å². The average molecular weight is 291 g/mol. The van der Waals surface area contributed by atoms with Crippen LogP contribution in [0.5, 0.6) is 5.75 Å². The van der Waals surface area contributed by atoms with Gasteiger partial charge in [0.25, 0.3) is 0 Å². The van der Waals surface area contributed by atoms with Crippen molar-refractivity contribution in [2.75, 3.05) is 20.2 Å². The van der Waals surface area contributed by atoms with Crippen molar-refractivity contribution in [3.8, 4) is 5.75 Å². The topological polar surface area (TPSA) is 21.3 Å². The van der Waals surface area contributed by atoms with Crippen LogP contribution in [0.1, 0.15) is 58.9 Å². The van der Waals surface area contributed by atoms with Gasteiger partial charge < -0.3 is 10.1 Å². The maximum absolute atomic E-state index is 5.64. The summed E-state index contributed by atoms with van der Waals surface area (Å²) in [5.74, 6) is 1.72. The van der Waals surface area contributed by atoms with E-state index in [0.29, 0.717) is 5.92 Å². The molecule has 0 amide bonds. The second kappa shape index (κ2) is 9.09. The van der Waals surface area contributed by atoms with Gasteiger partial charge in [0.1, 0.15) is 5.75 Å². The Labute approximate surface area is 131 Å². The summed E-state index contributed by atoms with van der Waals surface area (Å²) >= 11 is 0. The number of hydrogen-bond acceptors (Lipinski definition) is 2. The number of ether oxygens (including phenoxy) is 1. The van der Waals surface area contributed by atoms with Gasteiger partial charge in [0.05, 0.1) is 7.11 Å². The molecule has 0 aliphatic carbocycles. The quantitative estimate of drug-likeness (QED) is 0.670. The van der Waals surface area contributed by atoms with E-state index in [-0.39, 0.29) is 5.41 Å². The molecule has 1 aromatic carbocycles. The van der Waals surface area contributed by atoms with E-state index in [1.165, 1.54) is 31.2 Å². The summed E-state index contributed by atoms with van der Waals surface area (Å²) in [7, 11) is 1.78. The van der Waals surface area contributed by atoms with Crippen molar-refractivity contribution in [1.82, 2.24) is 5.32 Å². The number of hydrogen-bond donors (Lipinski definition) is 1. The lowest BCUT2D eigenvalue weighted by atomic mass is 9.73. The van der Waals surface area contributed by atoms with Gasteiger partial charge in [0, 0.05) is 17.5 Å². The average Bonchev–Trinajstić information content (AvgIpc) is 2.47. The van der Waals surface area contributed by atoms with Crippen LogP contribution < -0.4 is 10.1 Å². The zero-order valence-corrected chi connectivity index (χ0v) is 14.5. The number of rotatable bonds is 10. The van der Waals surface area contributed by atoms with Crippen molar-refractivity contribution in [2.24, 2.45) is 5.92 Å². The highest BCUT2D eigenvalue weighted by Crippen LogP contribution is 2.39. The number of benzene rings is 1. The van der Waals surface area contributed by atoms with E-state index in [2.05, 4.69) is 57.3 Å². The molecule has 21 heavy (non-hydrogen) atoms. The Kier molecular flexibility index (Phi) is 7.81. The Morgan fingerprint density at radius 2 is 1.71 bits per heavy atom. The molecular weight excluding hydrogens is 258 g/mol. The Morgan fingerprint density at radius 3 is 2.24 bits per heavy atom. The summed E-state index contributed by atoms with van der Waals surface area (Å²) in [6.45, 7) is 11.2. The van der Waals surface area contributed by atoms with E-state index in [9.17, 15) is 0 Å². The van der Waals surface area contributed by atoms with Crippen molar-refractivity contribution < 1.29 is 4.74 Å². The molecule has 0 atom stereocenters. The lowest BCUT2D eigenvalue weighted by Gasteiger charge is -2.36. The van der Waals surface area contributed by atoms with Crippen molar-refractivity contribution >= 4 is 0 Å². The molecule has 0 fully saturated rings. The summed E-state index contributed by atoms with van der Waals surface area (Å²) in [5, 5.41) is 3.69. The second-order valence-electron chi connectivity index (χ2n) is 6.51. The van der Waals surface area contributed by atoms with Gasteiger partial charge >= 0.3 is 0 Å². The molecule has 0 aliphatic heterocycles. The summed E-state index contributed by atoms with van der Waals surface area (Å²) in [6, 6.07) is 8.55. The molecule has 1 N–H and O–H groups in total. The van der Waals surface area contributed by atoms with Crippen molar-refractivity contribution in [1.29, 1.82) is 0 Å². The molecule has 0 heterocycles. The molecule has 0 saturated heterocycles. The molecule has 120 valence electrons. The highest BCUT2D eigenvalue weighted by atomic mass is 16.5. The fourth-order valence-corrected chi connectivity index (χ4v) is 3.31. The van der Waals surface area contributed by atoms with E-state index < -0.39 is 0 Å². The predicted molar refractivity (Wildman–Crippen MR) is 92.2 cm³/mol. The van der Waals surface area contributed by atoms with Crippen LogP contribution in [-0.2, 0) is 5.41 Å². The Morgan fingerprint density at radius 1 is 1.10 bits per heavy atom. The van der Waals surface area contributed by atoms with Gasteiger partial charge in [-0.3, -0.25) is 0 Å². The fourth-order valence-electron chi connectivity index (χ4n) is 3.31. The monoisotopic (exact) mass is 291 g/mol. The van der Waals surface area contributed by atoms with Crippen LogP contribution in [0.3, 0.4) is 0 Å². The third-order valence-electron chi connectivity index (χ3n) is 4.15. The molecule has 2 heteroatoms. The first-order valence-electron chi connectivity index (χ1n) is 8.43. The van der Waals surface area contributed by atoms with Gasteiger partial charge in [-0.1, -0.05) is 58.7 Å². The molecule has 1 rings (SSSR count). The molecular formula is C19H33NO. The van der Waals surface area contributed by atoms with E-state index in [0.717, 1.165) is 18.8 Å². The first kappa shape index (κ1) is 18.0. The SMILES string of the molecule is CCCC(CCC)(CNCC(C)C)c1ccccc1OC. The van der Waals surface area contributed by atoms with Gasteiger partial charge in [-0.2, -0.15) is 0 Å². The number of para-hydroxylation sites is 1. The molecule has 0 spiro atoms. The van der Waals surface area contributed by atoms with Crippen LogP contribution in [0.4, 0.5) is 0 Å². The van der Waals surface area contributed by atoms with Gasteiger partial charge in [0.15, 0.2) is 0 Å². The Bertz CT molecular complexity index is 394. The van der Waals surface area contributed by atoms with Gasteiger partial charge in [-0.05, 0) is 31.4 Å². The molecule has 0 aliphatic rings. The lowest BCUT2D eigenvalue weighted by molar-refractivity contribution is 0.311. The van der Waals surface area contributed by atoms with Crippen molar-refractivity contribution in [3.63, 3.8) is 0 Å². The zero-order chi connectivity index (χ0) is 15.7. The third kappa shape index (κ3) is 5.03. The number of nitrogens with one attached hydrogen (secondary N) is 1. The first-order chi connectivity index (χ1) is 10.1. The minimum Gasteiger partial charge on any atom is -0.496 e. The van der Waals surface area contributed by atoms with Gasteiger partial charge in [-0.15, -0.1) is 0 Å². The van der Waals surface area contributed by atoms with Crippen LogP contribution in [-0.4, -0.2) is 20.2 Å². The molecule has 0 radical (unpaired) electrons. The summed E-state index contributed by atoms with van der Waals surface area (Å²) in [4.78, 5) is 0. The van der Waals surface area contributed by atoms with Crippen LogP contribution in [0.2, 0.25) is 0 Å². The summed E-state index contributed by atoms with van der Waals surface area (Å²) < 4.78 is 5.64. The smallest absolute Gasteiger partial charge is 0.122 e. The minimum absolute atomic E-state index is 0.186. The maximum Gasteiger partial charge on any atom is 0.122 e. The summed E-state index contributed by atoms with van der Waals surface area (Å²) in [6.07, 6.45) is 4.79. The Balaban J connectivity index is 3.08. The minimum atomic E-state index is 0.186. The lowest BCUT2D eigenvalue weighted by Crippen LogP contribution is -2.39. The predicted octanol–water partition coefficient (Wildman–Crippen LogP) is 4.78. The van der Waals surface area contributed by atoms with Gasteiger partial charge in [-0.25, -0.2) is 0 Å². The standard InChI is InChI=1S/C19H33NO/c1-6-12-19(13-7-2,15-20-14-16(3)4)17-10-8-9-11-18(17)21-5/h8-11,16,20H,6-7,12-15H2,1-5H3. The van der Waals surface area contributed by atoms with Crippen molar-refractivity contribution in [3.05, 3.63) is 29.8 Å². The molecule has 0 saturated carbocycles. The fraction of sp³-hybridized carbons (Fsp3) is 0.684. The Hall–Kier alpha value is -1.02. The van der Waals surface area contributed by atoms with Crippen LogP contribution in [0, 0.1) is 5.92 Å². The van der Waals surface area contributed by atoms with E-state index in [1.54, 1.807) is 7.11 Å². The molecule has 0 unspecified atom stereocenters. The van der Waals surface area contributed by atoms with E-state index in [1.807, 2.05) is 0 Å². The molecule has 2 nitrogen and oxygen atoms in total. The first-order valence-corrected chi connectivity index (χ1v) is 8.43. The van der Waals surface area contributed by atoms with E-state index in [4.69, 9.17) is 4.74 Å². The normalized spacial score (nSPS) is 11.9. The zero-order valence-electron chi connectivity index (χ0n) is 14.5. The summed E-state index contributed by atoms with van der Waals surface area (Å²) in [5.41, 5.74) is 1.55. The molecule has 0 aromatic heterocycles. The van der Waals surface area contributed by atoms with E-state index >= 15 is 0 Å². The van der Waals surface area contributed by atoms with Crippen LogP contribution in [0.25, 0.3) is 0 Å². The number of methoxy groups -OCH3 is 1. The highest BCUT2D eigenvalue weighted by Gasteiger charge is 2.32. The third-order valence-corrected chi connectivity index (χ3v) is 4.15. The molecule has 0 bridgehead atoms. The van der Waals surface area contributed by atoms with Gasteiger partial charge in [0.2, 0.25) is 0 Å².